The van der Waals surface area contributed by atoms with Crippen molar-refractivity contribution in [1.82, 2.24) is 30.0 Å². The molecule has 0 bridgehead atoms. The van der Waals surface area contributed by atoms with Crippen LogP contribution in [-0.2, 0) is 6.54 Å². The van der Waals surface area contributed by atoms with Crippen LogP contribution >= 0.6 is 0 Å². The zero-order valence-electron chi connectivity index (χ0n) is 19.2. The molecule has 2 aromatic carbocycles. The summed E-state index contributed by atoms with van der Waals surface area (Å²) >= 11 is 0. The standard InChI is InChI=1S/C27H25N7O/c28-25-23-24(33-34(21-7-3-4-8-21)26(23)32-16-31-25)18-11-9-17(10-12-18)14-30-27(35)22-13-19-5-1-2-6-20(19)15-29-22/h1-2,5-6,9-13,15-16,21H,3-4,7-8,14H2,(H,30,35)(H2,28,31,32). The van der Waals surface area contributed by atoms with Gasteiger partial charge in [0.05, 0.1) is 11.4 Å². The molecule has 174 valence electrons. The van der Waals surface area contributed by atoms with Crippen LogP contribution in [0.1, 0.15) is 47.8 Å². The van der Waals surface area contributed by atoms with Crippen molar-refractivity contribution in [3.63, 3.8) is 0 Å². The number of pyridine rings is 1. The summed E-state index contributed by atoms with van der Waals surface area (Å²) in [5.74, 6) is 0.236. The van der Waals surface area contributed by atoms with Crippen LogP contribution in [0.25, 0.3) is 33.1 Å². The first kappa shape index (κ1) is 21.2. The van der Waals surface area contributed by atoms with Gasteiger partial charge in [0.1, 0.15) is 23.5 Å². The number of anilines is 1. The highest BCUT2D eigenvalue weighted by atomic mass is 16.1. The van der Waals surface area contributed by atoms with Crippen molar-refractivity contribution in [3.8, 4) is 11.3 Å². The van der Waals surface area contributed by atoms with E-state index in [9.17, 15) is 4.79 Å². The molecule has 0 saturated heterocycles. The van der Waals surface area contributed by atoms with E-state index in [4.69, 9.17) is 10.8 Å². The van der Waals surface area contributed by atoms with Crippen LogP contribution in [0.15, 0.2) is 67.1 Å². The molecular formula is C27H25N7O. The van der Waals surface area contributed by atoms with Gasteiger partial charge in [0.15, 0.2) is 5.65 Å². The lowest BCUT2D eigenvalue weighted by Gasteiger charge is -2.10. The smallest absolute Gasteiger partial charge is 0.270 e. The Labute approximate surface area is 202 Å². The Kier molecular flexibility index (Phi) is 5.33. The van der Waals surface area contributed by atoms with Gasteiger partial charge in [0.25, 0.3) is 5.91 Å². The molecule has 1 aliphatic rings. The lowest BCUT2D eigenvalue weighted by molar-refractivity contribution is 0.0946. The van der Waals surface area contributed by atoms with E-state index in [1.807, 2.05) is 59.3 Å². The molecular weight excluding hydrogens is 438 g/mol. The second-order valence-corrected chi connectivity index (χ2v) is 8.99. The predicted molar refractivity (Wildman–Crippen MR) is 136 cm³/mol. The van der Waals surface area contributed by atoms with Crippen molar-refractivity contribution in [2.45, 2.75) is 38.3 Å². The van der Waals surface area contributed by atoms with Gasteiger partial charge in [-0.15, -0.1) is 0 Å². The highest BCUT2D eigenvalue weighted by molar-refractivity contribution is 5.98. The first-order chi connectivity index (χ1) is 17.2. The van der Waals surface area contributed by atoms with Crippen molar-refractivity contribution in [2.24, 2.45) is 0 Å². The molecule has 3 aromatic heterocycles. The van der Waals surface area contributed by atoms with Crippen molar-refractivity contribution in [3.05, 3.63) is 78.4 Å². The number of nitrogens with one attached hydrogen (secondary N) is 1. The van der Waals surface area contributed by atoms with Gasteiger partial charge < -0.3 is 11.1 Å². The fraction of sp³-hybridized carbons (Fsp3) is 0.222. The normalized spacial score (nSPS) is 14.1. The first-order valence-corrected chi connectivity index (χ1v) is 11.9. The number of fused-ring (bicyclic) bond motifs is 2. The molecule has 5 aromatic rings. The average molecular weight is 464 g/mol. The van der Waals surface area contributed by atoms with Gasteiger partial charge in [-0.1, -0.05) is 61.4 Å². The van der Waals surface area contributed by atoms with Crippen LogP contribution in [0.3, 0.4) is 0 Å². The molecule has 1 aliphatic carbocycles. The summed E-state index contributed by atoms with van der Waals surface area (Å²) in [5.41, 5.74) is 10.2. The average Bonchev–Trinajstić information content (AvgIpc) is 3.56. The molecule has 0 unspecified atom stereocenters. The van der Waals surface area contributed by atoms with Gasteiger partial charge >= 0.3 is 0 Å². The summed E-state index contributed by atoms with van der Waals surface area (Å²) in [5, 5.41) is 10.7. The van der Waals surface area contributed by atoms with Crippen LogP contribution in [0.2, 0.25) is 0 Å². The fourth-order valence-corrected chi connectivity index (χ4v) is 4.86. The predicted octanol–water partition coefficient (Wildman–Crippen LogP) is 4.67. The van der Waals surface area contributed by atoms with Crippen molar-refractivity contribution >= 4 is 33.5 Å². The Bertz CT molecular complexity index is 1540. The van der Waals surface area contributed by atoms with Gasteiger partial charge in [-0.25, -0.2) is 14.6 Å². The molecule has 0 radical (unpaired) electrons. The summed E-state index contributed by atoms with van der Waals surface area (Å²) in [6, 6.07) is 18.0. The number of carbonyl (C=O) groups is 1. The SMILES string of the molecule is Nc1ncnc2c1c(-c1ccc(CNC(=O)c3cc4ccccc4cn3)cc1)nn2C1CCCC1. The Morgan fingerprint density at radius 3 is 2.57 bits per heavy atom. The summed E-state index contributed by atoms with van der Waals surface area (Å²) < 4.78 is 2.03. The molecule has 3 heterocycles. The summed E-state index contributed by atoms with van der Waals surface area (Å²) in [6.07, 6.45) is 7.85. The number of hydrogen-bond donors (Lipinski definition) is 2. The van der Waals surface area contributed by atoms with Crippen LogP contribution < -0.4 is 11.1 Å². The fourth-order valence-electron chi connectivity index (χ4n) is 4.86. The molecule has 1 amide bonds. The Morgan fingerprint density at radius 2 is 1.77 bits per heavy atom. The van der Waals surface area contributed by atoms with Crippen molar-refractivity contribution in [1.29, 1.82) is 0 Å². The Morgan fingerprint density at radius 1 is 1.00 bits per heavy atom. The molecule has 1 fully saturated rings. The van der Waals surface area contributed by atoms with Gasteiger partial charge in [0.2, 0.25) is 0 Å². The van der Waals surface area contributed by atoms with E-state index in [2.05, 4.69) is 20.3 Å². The highest BCUT2D eigenvalue weighted by Crippen LogP contribution is 2.36. The van der Waals surface area contributed by atoms with Crippen molar-refractivity contribution in [2.75, 3.05) is 5.73 Å². The van der Waals surface area contributed by atoms with E-state index in [1.165, 1.54) is 19.2 Å². The van der Waals surface area contributed by atoms with Crippen LogP contribution in [-0.4, -0.2) is 30.6 Å². The monoisotopic (exact) mass is 463 g/mol. The number of amides is 1. The van der Waals surface area contributed by atoms with Crippen LogP contribution in [0, 0.1) is 0 Å². The van der Waals surface area contributed by atoms with E-state index in [0.29, 0.717) is 24.1 Å². The number of nitrogens with zero attached hydrogens (tertiary/aromatic N) is 5. The molecule has 0 spiro atoms. The van der Waals surface area contributed by atoms with E-state index in [1.54, 1.807) is 6.20 Å². The Hall–Kier alpha value is -4.33. The number of nitrogen functional groups attached to an aromatic ring is 1. The number of benzene rings is 2. The molecule has 6 rings (SSSR count). The largest absolute Gasteiger partial charge is 0.383 e. The van der Waals surface area contributed by atoms with Crippen LogP contribution in [0.4, 0.5) is 5.82 Å². The second-order valence-electron chi connectivity index (χ2n) is 8.99. The lowest BCUT2D eigenvalue weighted by Crippen LogP contribution is -2.23. The summed E-state index contributed by atoms with van der Waals surface area (Å²) in [6.45, 7) is 0.399. The van der Waals surface area contributed by atoms with E-state index < -0.39 is 0 Å². The number of aromatic nitrogens is 5. The van der Waals surface area contributed by atoms with Gasteiger partial charge in [-0.2, -0.15) is 5.10 Å². The maximum atomic E-state index is 12.6. The molecule has 8 nitrogen and oxygen atoms in total. The minimum absolute atomic E-state index is 0.203. The number of nitrogens with two attached hydrogens (primary N) is 1. The van der Waals surface area contributed by atoms with Crippen LogP contribution in [0.5, 0.6) is 0 Å². The first-order valence-electron chi connectivity index (χ1n) is 11.9. The lowest BCUT2D eigenvalue weighted by atomic mass is 10.1. The van der Waals surface area contributed by atoms with E-state index in [0.717, 1.165) is 51.5 Å². The summed E-state index contributed by atoms with van der Waals surface area (Å²) in [4.78, 5) is 25.7. The van der Waals surface area contributed by atoms with Crippen molar-refractivity contribution < 1.29 is 4.79 Å². The maximum Gasteiger partial charge on any atom is 0.270 e. The second kappa shape index (κ2) is 8.79. The maximum absolute atomic E-state index is 12.6. The molecule has 1 saturated carbocycles. The van der Waals surface area contributed by atoms with E-state index in [-0.39, 0.29) is 5.91 Å². The number of rotatable bonds is 5. The zero-order chi connectivity index (χ0) is 23.8. The van der Waals surface area contributed by atoms with Gasteiger partial charge in [-0.3, -0.25) is 9.78 Å². The quantitative estimate of drug-likeness (QED) is 0.392. The number of hydrogen-bond acceptors (Lipinski definition) is 6. The molecule has 3 N–H and O–H groups in total. The van der Waals surface area contributed by atoms with E-state index >= 15 is 0 Å². The molecule has 35 heavy (non-hydrogen) atoms. The van der Waals surface area contributed by atoms with Gasteiger partial charge in [-0.05, 0) is 29.9 Å². The molecule has 8 heteroatoms. The third-order valence-corrected chi connectivity index (χ3v) is 6.73. The summed E-state index contributed by atoms with van der Waals surface area (Å²) in [7, 11) is 0. The number of carbonyl (C=O) groups excluding carboxylic acids is 1. The minimum Gasteiger partial charge on any atom is -0.383 e. The van der Waals surface area contributed by atoms with Gasteiger partial charge in [0, 0.05) is 23.7 Å². The topological polar surface area (TPSA) is 112 Å². The molecule has 0 atom stereocenters. The third kappa shape index (κ3) is 3.97. The zero-order valence-corrected chi connectivity index (χ0v) is 19.2. The minimum atomic E-state index is -0.203. The Balaban J connectivity index is 1.22. The highest BCUT2D eigenvalue weighted by Gasteiger charge is 2.24. The third-order valence-electron chi connectivity index (χ3n) is 6.73. The molecule has 0 aliphatic heterocycles.